The van der Waals surface area contributed by atoms with E-state index in [0.29, 0.717) is 0 Å². The molecule has 0 bridgehead atoms. The number of nitrogens with two attached hydrogens (primary N) is 3. The first-order valence-electron chi connectivity index (χ1n) is 4.86. The molecule has 6 nitrogen and oxygen atoms in total. The molecule has 0 atom stereocenters. The number of nitrogen functional groups attached to an aromatic ring is 2. The van der Waals surface area contributed by atoms with Crippen molar-refractivity contribution >= 4 is 23.2 Å². The van der Waals surface area contributed by atoms with Gasteiger partial charge in [0.05, 0.1) is 22.5 Å². The number of carbonyl (C=O) groups excluding carboxylic acids is 2. The van der Waals surface area contributed by atoms with Crippen LogP contribution in [0.5, 0.6) is 0 Å². The number of rotatable bonds is 4. The summed E-state index contributed by atoms with van der Waals surface area (Å²) in [6.07, 6.45) is 1.52. The second kappa shape index (κ2) is 5.02. The predicted molar refractivity (Wildman–Crippen MR) is 66.3 cm³/mol. The molecule has 6 heteroatoms. The molecule has 1 aromatic carbocycles. The quantitative estimate of drug-likeness (QED) is 0.427. The number of anilines is 2. The van der Waals surface area contributed by atoms with Crippen LogP contribution >= 0.6 is 0 Å². The van der Waals surface area contributed by atoms with Crippen LogP contribution in [0.25, 0.3) is 0 Å². The summed E-state index contributed by atoms with van der Waals surface area (Å²) in [5.41, 5.74) is 16.6. The summed E-state index contributed by atoms with van der Waals surface area (Å²) in [6, 6.07) is 2.86. The van der Waals surface area contributed by atoms with Gasteiger partial charge in [0.1, 0.15) is 0 Å². The molecule has 0 aliphatic carbocycles. The van der Waals surface area contributed by atoms with Crippen molar-refractivity contribution in [3.8, 4) is 0 Å². The zero-order valence-corrected chi connectivity index (χ0v) is 9.19. The number of carbonyl (C=O) groups is 2. The Hall–Kier alpha value is -2.50. The number of nitrogens with one attached hydrogen (secondary N) is 1. The lowest BCUT2D eigenvalue weighted by Gasteiger charge is -2.11. The minimum absolute atomic E-state index is 0.0174. The molecule has 0 fully saturated rings. The van der Waals surface area contributed by atoms with E-state index in [4.69, 9.17) is 17.2 Å². The van der Waals surface area contributed by atoms with Crippen molar-refractivity contribution in [3.63, 3.8) is 0 Å². The average molecular weight is 234 g/mol. The maximum atomic E-state index is 11.7. The van der Waals surface area contributed by atoms with Gasteiger partial charge in [-0.3, -0.25) is 9.59 Å². The van der Waals surface area contributed by atoms with Gasteiger partial charge in [-0.05, 0) is 12.1 Å². The lowest BCUT2D eigenvalue weighted by Crippen LogP contribution is -2.27. The molecule has 0 saturated carbocycles. The van der Waals surface area contributed by atoms with Crippen molar-refractivity contribution in [2.24, 2.45) is 5.73 Å². The van der Waals surface area contributed by atoms with E-state index in [-0.39, 0.29) is 29.0 Å². The van der Waals surface area contributed by atoms with Crippen LogP contribution in [0, 0.1) is 0 Å². The standard InChI is InChI=1S/C11H14N4O2/c1-2-5-15-11(17)6-3-4-7(12)9(13)8(6)10(14)16/h2-4H,1,5,12-13H2,(H2,14,16)(H,15,17). The van der Waals surface area contributed by atoms with E-state index >= 15 is 0 Å². The summed E-state index contributed by atoms with van der Waals surface area (Å²) in [7, 11) is 0. The topological polar surface area (TPSA) is 124 Å². The van der Waals surface area contributed by atoms with Gasteiger partial charge < -0.3 is 22.5 Å². The molecule has 0 spiro atoms. The van der Waals surface area contributed by atoms with Crippen LogP contribution < -0.4 is 22.5 Å². The molecule has 0 radical (unpaired) electrons. The first-order valence-corrected chi connectivity index (χ1v) is 4.86. The van der Waals surface area contributed by atoms with Crippen molar-refractivity contribution in [3.05, 3.63) is 35.9 Å². The first kappa shape index (κ1) is 12.6. The van der Waals surface area contributed by atoms with Crippen molar-refractivity contribution in [1.82, 2.24) is 5.32 Å². The molecule has 7 N–H and O–H groups in total. The smallest absolute Gasteiger partial charge is 0.252 e. The summed E-state index contributed by atoms with van der Waals surface area (Å²) in [4.78, 5) is 23.0. The van der Waals surface area contributed by atoms with Crippen LogP contribution in [-0.4, -0.2) is 18.4 Å². The summed E-state index contributed by atoms with van der Waals surface area (Å²) >= 11 is 0. The van der Waals surface area contributed by atoms with Gasteiger partial charge in [0, 0.05) is 6.54 Å². The molecule has 0 saturated heterocycles. The van der Waals surface area contributed by atoms with E-state index < -0.39 is 11.8 Å². The maximum absolute atomic E-state index is 11.7. The van der Waals surface area contributed by atoms with Gasteiger partial charge >= 0.3 is 0 Å². The van der Waals surface area contributed by atoms with E-state index in [0.717, 1.165) is 0 Å². The first-order chi connectivity index (χ1) is 7.99. The molecule has 1 aromatic rings. The minimum atomic E-state index is -0.793. The minimum Gasteiger partial charge on any atom is -0.397 e. The van der Waals surface area contributed by atoms with Crippen LogP contribution in [-0.2, 0) is 0 Å². The number of benzene rings is 1. The summed E-state index contributed by atoms with van der Waals surface area (Å²) in [6.45, 7) is 3.74. The lowest BCUT2D eigenvalue weighted by molar-refractivity contribution is 0.0940. The van der Waals surface area contributed by atoms with Gasteiger partial charge in [0.15, 0.2) is 0 Å². The number of hydrogen-bond donors (Lipinski definition) is 4. The summed E-state index contributed by atoms with van der Waals surface area (Å²) in [5.74, 6) is -1.25. The third-order valence-electron chi connectivity index (χ3n) is 2.18. The highest BCUT2D eigenvalue weighted by Gasteiger charge is 2.19. The molecule has 0 aliphatic heterocycles. The molecule has 1 rings (SSSR count). The van der Waals surface area contributed by atoms with Crippen LogP contribution in [0.1, 0.15) is 20.7 Å². The Morgan fingerprint density at radius 2 is 2.00 bits per heavy atom. The van der Waals surface area contributed by atoms with Gasteiger partial charge in [0.2, 0.25) is 0 Å². The third-order valence-corrected chi connectivity index (χ3v) is 2.18. The van der Waals surface area contributed by atoms with Crippen LogP contribution in [0.4, 0.5) is 11.4 Å². The monoisotopic (exact) mass is 234 g/mol. The molecule has 0 heterocycles. The SMILES string of the molecule is C=CCNC(=O)c1ccc(N)c(N)c1C(N)=O. The number of amides is 2. The molecule has 0 aliphatic rings. The van der Waals surface area contributed by atoms with Gasteiger partial charge in [0.25, 0.3) is 11.8 Å². The molecular weight excluding hydrogens is 220 g/mol. The number of hydrogen-bond acceptors (Lipinski definition) is 4. The van der Waals surface area contributed by atoms with Crippen LogP contribution in [0.15, 0.2) is 24.8 Å². The average Bonchev–Trinajstić information content (AvgIpc) is 2.28. The van der Waals surface area contributed by atoms with Crippen LogP contribution in [0.3, 0.4) is 0 Å². The Balaban J connectivity index is 3.24. The Morgan fingerprint density at radius 3 is 2.53 bits per heavy atom. The Bertz CT molecular complexity index is 483. The number of primary amides is 1. The fourth-order valence-corrected chi connectivity index (χ4v) is 1.35. The van der Waals surface area contributed by atoms with E-state index in [1.54, 1.807) is 0 Å². The molecule has 0 aromatic heterocycles. The lowest BCUT2D eigenvalue weighted by atomic mass is 10.0. The second-order valence-electron chi connectivity index (χ2n) is 3.35. The Morgan fingerprint density at radius 1 is 1.35 bits per heavy atom. The van der Waals surface area contributed by atoms with Gasteiger partial charge in [-0.15, -0.1) is 6.58 Å². The highest BCUT2D eigenvalue weighted by Crippen LogP contribution is 2.23. The molecular formula is C11H14N4O2. The molecule has 0 unspecified atom stereocenters. The van der Waals surface area contributed by atoms with Crippen molar-refractivity contribution in [1.29, 1.82) is 0 Å². The molecule has 17 heavy (non-hydrogen) atoms. The predicted octanol–water partition coefficient (Wildman–Crippen LogP) is -0.134. The van der Waals surface area contributed by atoms with E-state index in [1.807, 2.05) is 0 Å². The maximum Gasteiger partial charge on any atom is 0.252 e. The fraction of sp³-hybridized carbons (Fsp3) is 0.0909. The summed E-state index contributed by atoms with van der Waals surface area (Å²) < 4.78 is 0. The zero-order chi connectivity index (χ0) is 13.0. The van der Waals surface area contributed by atoms with Crippen LogP contribution in [0.2, 0.25) is 0 Å². The highest BCUT2D eigenvalue weighted by atomic mass is 16.2. The van der Waals surface area contributed by atoms with Crippen molar-refractivity contribution in [2.75, 3.05) is 18.0 Å². The van der Waals surface area contributed by atoms with E-state index in [2.05, 4.69) is 11.9 Å². The molecule has 90 valence electrons. The van der Waals surface area contributed by atoms with Crippen molar-refractivity contribution in [2.45, 2.75) is 0 Å². The highest BCUT2D eigenvalue weighted by molar-refractivity contribution is 6.11. The normalized spacial score (nSPS) is 9.65. The zero-order valence-electron chi connectivity index (χ0n) is 9.19. The van der Waals surface area contributed by atoms with E-state index in [9.17, 15) is 9.59 Å². The largest absolute Gasteiger partial charge is 0.397 e. The van der Waals surface area contributed by atoms with Crippen molar-refractivity contribution < 1.29 is 9.59 Å². The third kappa shape index (κ3) is 2.54. The second-order valence-corrected chi connectivity index (χ2v) is 3.35. The fourth-order valence-electron chi connectivity index (χ4n) is 1.35. The van der Waals surface area contributed by atoms with E-state index in [1.165, 1.54) is 18.2 Å². The van der Waals surface area contributed by atoms with Gasteiger partial charge in [-0.1, -0.05) is 6.08 Å². The Kier molecular flexibility index (Phi) is 3.71. The molecule has 2 amide bonds. The van der Waals surface area contributed by atoms with Gasteiger partial charge in [-0.2, -0.15) is 0 Å². The Labute approximate surface area is 98.5 Å². The summed E-state index contributed by atoms with van der Waals surface area (Å²) in [5, 5.41) is 2.53. The van der Waals surface area contributed by atoms with Gasteiger partial charge in [-0.25, -0.2) is 0 Å².